The van der Waals surface area contributed by atoms with Gasteiger partial charge in [-0.15, -0.1) is 0 Å². The van der Waals surface area contributed by atoms with E-state index >= 15 is 0 Å². The number of rotatable bonds is 9. The zero-order chi connectivity index (χ0) is 20.4. The van der Waals surface area contributed by atoms with Gasteiger partial charge in [0, 0.05) is 25.7 Å². The third-order valence-corrected chi connectivity index (χ3v) is 4.74. The first kappa shape index (κ1) is 22.4. The van der Waals surface area contributed by atoms with Crippen molar-refractivity contribution in [2.45, 2.75) is 31.7 Å². The van der Waals surface area contributed by atoms with E-state index in [1.807, 2.05) is 0 Å². The molecule has 0 spiro atoms. The van der Waals surface area contributed by atoms with E-state index in [0.717, 1.165) is 0 Å². The Morgan fingerprint density at radius 2 is 1.67 bits per heavy atom. The summed E-state index contributed by atoms with van der Waals surface area (Å²) in [6, 6.07) is 4.51. The predicted octanol–water partition coefficient (Wildman–Crippen LogP) is 0.174. The van der Waals surface area contributed by atoms with Crippen LogP contribution in [-0.4, -0.2) is 52.1 Å². The standard InChI is InChI=1S/C16H24N4O6S/c1-4-26-16(23)18-10-9-17-15(22)11(2)20-27(24,25)14-7-5-13(6-8-14)19-12(3)21/h5-8,11,20H,4,9-10H2,1-3H3,(H,17,22)(H,18,23)(H,19,21)/t11-/m0/s1. The lowest BCUT2D eigenvalue weighted by Crippen LogP contribution is -2.46. The highest BCUT2D eigenvalue weighted by molar-refractivity contribution is 7.89. The number of nitrogens with one attached hydrogen (secondary N) is 4. The summed E-state index contributed by atoms with van der Waals surface area (Å²) in [5.74, 6) is -0.814. The number of amides is 3. The minimum atomic E-state index is -3.91. The molecule has 0 saturated carbocycles. The first-order chi connectivity index (χ1) is 12.7. The highest BCUT2D eigenvalue weighted by Gasteiger charge is 2.21. The van der Waals surface area contributed by atoms with Gasteiger partial charge in [-0.2, -0.15) is 4.72 Å². The Labute approximate surface area is 158 Å². The molecule has 0 aromatic heterocycles. The molecule has 150 valence electrons. The van der Waals surface area contributed by atoms with E-state index in [1.165, 1.54) is 38.1 Å². The molecular weight excluding hydrogens is 376 g/mol. The number of hydrogen-bond donors (Lipinski definition) is 4. The number of ether oxygens (including phenoxy) is 1. The SMILES string of the molecule is CCOC(=O)NCCNC(=O)[C@H](C)NS(=O)(=O)c1ccc(NC(C)=O)cc1. The molecular formula is C16H24N4O6S. The van der Waals surface area contributed by atoms with Gasteiger partial charge >= 0.3 is 6.09 Å². The number of hydrogen-bond acceptors (Lipinski definition) is 6. The lowest BCUT2D eigenvalue weighted by atomic mass is 10.3. The molecule has 1 rings (SSSR count). The van der Waals surface area contributed by atoms with Crippen molar-refractivity contribution >= 4 is 33.6 Å². The maximum absolute atomic E-state index is 12.3. The van der Waals surface area contributed by atoms with Crippen LogP contribution in [0.3, 0.4) is 0 Å². The maximum Gasteiger partial charge on any atom is 0.407 e. The van der Waals surface area contributed by atoms with Crippen LogP contribution < -0.4 is 20.7 Å². The Hall–Kier alpha value is -2.66. The molecule has 3 amide bonds. The van der Waals surface area contributed by atoms with Crippen LogP contribution in [-0.2, 0) is 24.3 Å². The number of alkyl carbamates (subject to hydrolysis) is 1. The number of anilines is 1. The Morgan fingerprint density at radius 1 is 1.07 bits per heavy atom. The van der Waals surface area contributed by atoms with Crippen molar-refractivity contribution < 1.29 is 27.5 Å². The Morgan fingerprint density at radius 3 is 2.22 bits per heavy atom. The molecule has 0 heterocycles. The van der Waals surface area contributed by atoms with E-state index in [1.54, 1.807) is 6.92 Å². The van der Waals surface area contributed by atoms with Crippen LogP contribution in [0.5, 0.6) is 0 Å². The monoisotopic (exact) mass is 400 g/mol. The second-order valence-corrected chi connectivity index (χ2v) is 7.20. The minimum absolute atomic E-state index is 0.0415. The van der Waals surface area contributed by atoms with E-state index in [2.05, 4.69) is 25.4 Å². The van der Waals surface area contributed by atoms with E-state index in [9.17, 15) is 22.8 Å². The number of sulfonamides is 1. The van der Waals surface area contributed by atoms with Gasteiger partial charge < -0.3 is 20.7 Å². The molecule has 0 saturated heterocycles. The van der Waals surface area contributed by atoms with Gasteiger partial charge in [0.05, 0.1) is 17.5 Å². The lowest BCUT2D eigenvalue weighted by Gasteiger charge is -2.15. The summed E-state index contributed by atoms with van der Waals surface area (Å²) < 4.78 is 31.6. The second kappa shape index (κ2) is 10.5. The molecule has 0 aliphatic heterocycles. The zero-order valence-corrected chi connectivity index (χ0v) is 16.2. The quantitative estimate of drug-likeness (QED) is 0.435. The molecule has 11 heteroatoms. The first-order valence-electron chi connectivity index (χ1n) is 8.24. The molecule has 0 aliphatic carbocycles. The van der Waals surface area contributed by atoms with E-state index in [0.29, 0.717) is 5.69 Å². The Kier molecular flexibility index (Phi) is 8.69. The summed E-state index contributed by atoms with van der Waals surface area (Å²) in [6.07, 6.45) is -0.594. The van der Waals surface area contributed by atoms with Gasteiger partial charge in [-0.3, -0.25) is 9.59 Å². The molecule has 27 heavy (non-hydrogen) atoms. The van der Waals surface area contributed by atoms with Crippen molar-refractivity contribution in [3.05, 3.63) is 24.3 Å². The minimum Gasteiger partial charge on any atom is -0.450 e. The summed E-state index contributed by atoms with van der Waals surface area (Å²) in [7, 11) is -3.91. The number of benzene rings is 1. The molecule has 4 N–H and O–H groups in total. The average Bonchev–Trinajstić information content (AvgIpc) is 2.58. The smallest absolute Gasteiger partial charge is 0.407 e. The first-order valence-corrected chi connectivity index (χ1v) is 9.72. The summed E-state index contributed by atoms with van der Waals surface area (Å²) in [6.45, 7) is 4.92. The van der Waals surface area contributed by atoms with Crippen LogP contribution in [0.1, 0.15) is 20.8 Å². The highest BCUT2D eigenvalue weighted by Crippen LogP contribution is 2.14. The molecule has 0 radical (unpaired) electrons. The van der Waals surface area contributed by atoms with Gasteiger partial charge in [0.1, 0.15) is 0 Å². The van der Waals surface area contributed by atoms with Gasteiger partial charge in [0.25, 0.3) is 0 Å². The molecule has 1 aromatic carbocycles. The molecule has 0 bridgehead atoms. The third kappa shape index (κ3) is 8.05. The van der Waals surface area contributed by atoms with Gasteiger partial charge in [-0.05, 0) is 38.1 Å². The largest absolute Gasteiger partial charge is 0.450 e. The van der Waals surface area contributed by atoms with E-state index in [-0.39, 0.29) is 30.5 Å². The summed E-state index contributed by atoms with van der Waals surface area (Å²) in [4.78, 5) is 34.0. The van der Waals surface area contributed by atoms with Crippen molar-refractivity contribution in [3.8, 4) is 0 Å². The molecule has 1 atom stereocenters. The summed E-state index contributed by atoms with van der Waals surface area (Å²) >= 11 is 0. The maximum atomic E-state index is 12.3. The van der Waals surface area contributed by atoms with Crippen LogP contribution in [0.15, 0.2) is 29.2 Å². The van der Waals surface area contributed by atoms with E-state index in [4.69, 9.17) is 0 Å². The van der Waals surface area contributed by atoms with Crippen LogP contribution in [0.2, 0.25) is 0 Å². The Bertz CT molecular complexity index is 764. The van der Waals surface area contributed by atoms with Crippen LogP contribution in [0.4, 0.5) is 10.5 Å². The summed E-state index contributed by atoms with van der Waals surface area (Å²) in [5.41, 5.74) is 0.460. The average molecular weight is 400 g/mol. The molecule has 10 nitrogen and oxygen atoms in total. The van der Waals surface area contributed by atoms with Gasteiger partial charge in [-0.25, -0.2) is 13.2 Å². The fourth-order valence-corrected chi connectivity index (χ4v) is 3.16. The number of carbonyl (C=O) groups excluding carboxylic acids is 3. The lowest BCUT2D eigenvalue weighted by molar-refractivity contribution is -0.122. The zero-order valence-electron chi connectivity index (χ0n) is 15.4. The number of carbonyl (C=O) groups is 3. The predicted molar refractivity (Wildman–Crippen MR) is 98.6 cm³/mol. The fourth-order valence-electron chi connectivity index (χ4n) is 1.96. The highest BCUT2D eigenvalue weighted by atomic mass is 32.2. The van der Waals surface area contributed by atoms with Crippen molar-refractivity contribution in [3.63, 3.8) is 0 Å². The van der Waals surface area contributed by atoms with Gasteiger partial charge in [0.2, 0.25) is 21.8 Å². The normalized spacial score (nSPS) is 12.0. The third-order valence-electron chi connectivity index (χ3n) is 3.18. The van der Waals surface area contributed by atoms with Crippen LogP contribution >= 0.6 is 0 Å². The topological polar surface area (TPSA) is 143 Å². The van der Waals surface area contributed by atoms with Gasteiger partial charge in [-0.1, -0.05) is 0 Å². The van der Waals surface area contributed by atoms with Crippen molar-refractivity contribution in [1.82, 2.24) is 15.4 Å². The van der Waals surface area contributed by atoms with Crippen molar-refractivity contribution in [1.29, 1.82) is 0 Å². The van der Waals surface area contributed by atoms with Gasteiger partial charge in [0.15, 0.2) is 0 Å². The van der Waals surface area contributed by atoms with Crippen molar-refractivity contribution in [2.24, 2.45) is 0 Å². The molecule has 0 aliphatic rings. The Balaban J connectivity index is 2.53. The second-order valence-electron chi connectivity index (χ2n) is 5.49. The molecule has 1 aromatic rings. The van der Waals surface area contributed by atoms with Crippen LogP contribution in [0.25, 0.3) is 0 Å². The molecule has 0 fully saturated rings. The molecule has 0 unspecified atom stereocenters. The van der Waals surface area contributed by atoms with Crippen molar-refractivity contribution in [2.75, 3.05) is 25.0 Å². The van der Waals surface area contributed by atoms with E-state index < -0.39 is 28.1 Å². The van der Waals surface area contributed by atoms with Crippen LogP contribution in [0, 0.1) is 0 Å². The summed E-state index contributed by atoms with van der Waals surface area (Å²) in [5, 5.41) is 7.46. The fraction of sp³-hybridized carbons (Fsp3) is 0.438.